The number of halogens is 1. The molecule has 4 heterocycles. The lowest BCUT2D eigenvalue weighted by Crippen LogP contribution is -2.47. The lowest BCUT2D eigenvalue weighted by Gasteiger charge is -2.34. The van der Waals surface area contributed by atoms with Crippen LogP contribution in [0.3, 0.4) is 0 Å². The molecule has 3 aromatic rings. The summed E-state index contributed by atoms with van der Waals surface area (Å²) in [7, 11) is 1.59. The maximum Gasteiger partial charge on any atom is 0.410 e. The van der Waals surface area contributed by atoms with E-state index in [9.17, 15) is 9.18 Å². The number of fused-ring (bicyclic) bond motifs is 1. The number of piperidine rings is 1. The van der Waals surface area contributed by atoms with Gasteiger partial charge in [0.15, 0.2) is 5.82 Å². The van der Waals surface area contributed by atoms with E-state index in [0.717, 1.165) is 12.8 Å². The molecule has 1 unspecified atom stereocenters. The third-order valence-electron chi connectivity index (χ3n) is 5.36. The maximum atomic E-state index is 13.9. The Balaban J connectivity index is 1.58. The Morgan fingerprint density at radius 3 is 2.86 bits per heavy atom. The van der Waals surface area contributed by atoms with Gasteiger partial charge in [0.1, 0.15) is 35.2 Å². The number of anilines is 1. The third kappa shape index (κ3) is 6.36. The van der Waals surface area contributed by atoms with E-state index < -0.39 is 11.4 Å². The van der Waals surface area contributed by atoms with Gasteiger partial charge in [-0.25, -0.2) is 19.2 Å². The maximum absolute atomic E-state index is 13.9. The summed E-state index contributed by atoms with van der Waals surface area (Å²) in [6.07, 6.45) is 4.30. The Morgan fingerprint density at radius 1 is 1.26 bits per heavy atom. The van der Waals surface area contributed by atoms with E-state index >= 15 is 0 Å². The van der Waals surface area contributed by atoms with Crippen LogP contribution in [0.1, 0.15) is 33.6 Å². The molecule has 11 heteroatoms. The number of likely N-dealkylation sites (tertiary alicyclic amines) is 1. The minimum absolute atomic E-state index is 0.0366. The lowest BCUT2D eigenvalue weighted by molar-refractivity contribution is 0.0206. The van der Waals surface area contributed by atoms with Crippen LogP contribution >= 0.6 is 0 Å². The van der Waals surface area contributed by atoms with Gasteiger partial charge in [0.05, 0.1) is 12.8 Å². The lowest BCUT2D eigenvalue weighted by atomic mass is 10.1. The van der Waals surface area contributed by atoms with Crippen LogP contribution < -0.4 is 10.1 Å². The van der Waals surface area contributed by atoms with Gasteiger partial charge < -0.3 is 24.4 Å². The summed E-state index contributed by atoms with van der Waals surface area (Å²) >= 11 is 0. The molecular weight excluding hydrogens is 455 g/mol. The van der Waals surface area contributed by atoms with E-state index in [1.165, 1.54) is 12.3 Å². The van der Waals surface area contributed by atoms with E-state index in [2.05, 4.69) is 20.3 Å². The molecule has 1 saturated heterocycles. The number of amides is 1. The summed E-state index contributed by atoms with van der Waals surface area (Å²) in [5.41, 5.74) is 0.547. The van der Waals surface area contributed by atoms with Crippen LogP contribution in [0, 0.1) is 5.82 Å². The van der Waals surface area contributed by atoms with Gasteiger partial charge in [0, 0.05) is 38.5 Å². The number of pyridine rings is 1. The van der Waals surface area contributed by atoms with Crippen molar-refractivity contribution >= 4 is 17.6 Å². The van der Waals surface area contributed by atoms with Crippen molar-refractivity contribution in [2.45, 2.75) is 45.3 Å². The summed E-state index contributed by atoms with van der Waals surface area (Å²) in [6.45, 7) is 7.38. The Bertz CT molecular complexity index is 1180. The van der Waals surface area contributed by atoms with Crippen molar-refractivity contribution in [3.63, 3.8) is 0 Å². The van der Waals surface area contributed by atoms with Crippen LogP contribution in [0.25, 0.3) is 17.2 Å². The second-order valence-corrected chi connectivity index (χ2v) is 9.39. The molecule has 1 aliphatic rings. The fourth-order valence-electron chi connectivity index (χ4n) is 3.83. The standard InChI is InChI=1S/C24H31FN6O4/c1-24(2,3)35-23(32)30-9-5-6-17(15-30)27-19-12-21(34-11-10-33-4)29-22(28-19)18-13-26-20-8-7-16(25)14-31(18)20/h7-8,12-14,17H,5-6,9-11,15H2,1-4H3,(H,27,28,29). The number of nitrogens with one attached hydrogen (secondary N) is 1. The molecule has 4 rings (SSSR count). The number of aromatic nitrogens is 4. The Morgan fingerprint density at radius 2 is 2.09 bits per heavy atom. The van der Waals surface area contributed by atoms with E-state index in [1.807, 2.05) is 20.8 Å². The molecule has 0 saturated carbocycles. The zero-order valence-electron chi connectivity index (χ0n) is 20.5. The predicted octanol–water partition coefficient (Wildman–Crippen LogP) is 3.77. The largest absolute Gasteiger partial charge is 0.475 e. The van der Waals surface area contributed by atoms with E-state index in [-0.39, 0.29) is 12.1 Å². The highest BCUT2D eigenvalue weighted by Gasteiger charge is 2.28. The first-order chi connectivity index (χ1) is 16.7. The minimum atomic E-state index is -0.555. The SMILES string of the molecule is COCCOc1cc(NC2CCCN(C(=O)OC(C)(C)C)C2)nc(-c2cnc3ccc(F)cn23)n1. The van der Waals surface area contributed by atoms with Crippen molar-refractivity contribution in [3.05, 3.63) is 36.4 Å². The molecule has 1 atom stereocenters. The Kier molecular flexibility index (Phi) is 7.34. The predicted molar refractivity (Wildman–Crippen MR) is 128 cm³/mol. The second-order valence-electron chi connectivity index (χ2n) is 9.39. The third-order valence-corrected chi connectivity index (χ3v) is 5.36. The molecular formula is C24H31FN6O4. The van der Waals surface area contributed by atoms with Crippen molar-refractivity contribution in [3.8, 4) is 17.4 Å². The first kappa shape index (κ1) is 24.6. The highest BCUT2D eigenvalue weighted by Crippen LogP contribution is 2.25. The van der Waals surface area contributed by atoms with E-state index in [4.69, 9.17) is 14.2 Å². The van der Waals surface area contributed by atoms with Crippen LogP contribution in [0.15, 0.2) is 30.6 Å². The number of carbonyl (C=O) groups is 1. The topological polar surface area (TPSA) is 103 Å². The van der Waals surface area contributed by atoms with Crippen LogP contribution in [0.2, 0.25) is 0 Å². The van der Waals surface area contributed by atoms with Crippen LogP contribution in [0.4, 0.5) is 15.0 Å². The fraction of sp³-hybridized carbons (Fsp3) is 0.500. The Hall–Kier alpha value is -3.47. The van der Waals surface area contributed by atoms with Gasteiger partial charge in [-0.2, -0.15) is 4.98 Å². The highest BCUT2D eigenvalue weighted by molar-refractivity contribution is 5.68. The number of ether oxygens (including phenoxy) is 3. The van der Waals surface area contributed by atoms with Crippen LogP contribution in [-0.4, -0.2) is 75.4 Å². The molecule has 10 nitrogen and oxygen atoms in total. The van der Waals surface area contributed by atoms with E-state index in [0.29, 0.717) is 55.2 Å². The molecule has 0 radical (unpaired) electrons. The average Bonchev–Trinajstić information content (AvgIpc) is 3.21. The Labute approximate surface area is 203 Å². The van der Waals surface area contributed by atoms with Gasteiger partial charge >= 0.3 is 6.09 Å². The first-order valence-electron chi connectivity index (χ1n) is 11.6. The molecule has 3 aromatic heterocycles. The summed E-state index contributed by atoms with van der Waals surface area (Å²) in [5, 5.41) is 3.41. The normalized spacial score (nSPS) is 16.4. The van der Waals surface area contributed by atoms with Crippen molar-refractivity contribution < 1.29 is 23.4 Å². The molecule has 0 aliphatic carbocycles. The molecule has 0 aromatic carbocycles. The monoisotopic (exact) mass is 486 g/mol. The quantitative estimate of drug-likeness (QED) is 0.504. The fourth-order valence-corrected chi connectivity index (χ4v) is 3.83. The second kappa shape index (κ2) is 10.4. The van der Waals surface area contributed by atoms with Crippen LogP contribution in [0.5, 0.6) is 5.88 Å². The number of hydrogen-bond donors (Lipinski definition) is 1. The average molecular weight is 487 g/mol. The summed E-state index contributed by atoms with van der Waals surface area (Å²) < 4.78 is 31.9. The summed E-state index contributed by atoms with van der Waals surface area (Å²) in [4.78, 5) is 27.7. The molecule has 1 amide bonds. The minimum Gasteiger partial charge on any atom is -0.475 e. The van der Waals surface area contributed by atoms with Gasteiger partial charge in [-0.3, -0.25) is 4.40 Å². The van der Waals surface area contributed by atoms with Gasteiger partial charge in [0.25, 0.3) is 0 Å². The van der Waals surface area contributed by atoms with Gasteiger partial charge in [-0.1, -0.05) is 0 Å². The van der Waals surface area contributed by atoms with Crippen molar-refractivity contribution in [1.29, 1.82) is 0 Å². The first-order valence-corrected chi connectivity index (χ1v) is 11.6. The molecule has 0 spiro atoms. The molecule has 0 bridgehead atoms. The number of nitrogens with zero attached hydrogens (tertiary/aromatic N) is 5. The molecule has 1 fully saturated rings. The number of imidazole rings is 1. The van der Waals surface area contributed by atoms with Crippen molar-refractivity contribution in [2.24, 2.45) is 0 Å². The van der Waals surface area contributed by atoms with Gasteiger partial charge in [0.2, 0.25) is 5.88 Å². The summed E-state index contributed by atoms with van der Waals surface area (Å²) in [5.74, 6) is 0.817. The number of hydrogen-bond acceptors (Lipinski definition) is 8. The van der Waals surface area contributed by atoms with Crippen molar-refractivity contribution in [1.82, 2.24) is 24.3 Å². The molecule has 1 aliphatic heterocycles. The number of methoxy groups -OCH3 is 1. The van der Waals surface area contributed by atoms with Crippen molar-refractivity contribution in [2.75, 3.05) is 38.7 Å². The summed E-state index contributed by atoms with van der Waals surface area (Å²) in [6, 6.07) is 4.61. The number of rotatable bonds is 7. The van der Waals surface area contributed by atoms with Gasteiger partial charge in [-0.15, -0.1) is 0 Å². The smallest absolute Gasteiger partial charge is 0.410 e. The zero-order valence-corrected chi connectivity index (χ0v) is 20.5. The van der Waals surface area contributed by atoms with Crippen LogP contribution in [-0.2, 0) is 9.47 Å². The van der Waals surface area contributed by atoms with Gasteiger partial charge in [-0.05, 0) is 45.7 Å². The molecule has 35 heavy (non-hydrogen) atoms. The highest BCUT2D eigenvalue weighted by atomic mass is 19.1. The van der Waals surface area contributed by atoms with E-state index in [1.54, 1.807) is 34.7 Å². The number of carbonyl (C=O) groups excluding carboxylic acids is 1. The molecule has 1 N–H and O–H groups in total. The zero-order chi connectivity index (χ0) is 25.0. The molecule has 188 valence electrons.